The summed E-state index contributed by atoms with van der Waals surface area (Å²) in [7, 11) is 0. The highest BCUT2D eigenvalue weighted by Crippen LogP contribution is 2.30. The molecular weight excluding hydrogens is 250 g/mol. The zero-order chi connectivity index (χ0) is 14.1. The first-order valence-electron chi connectivity index (χ1n) is 7.42. The van der Waals surface area contributed by atoms with Crippen molar-refractivity contribution in [1.82, 2.24) is 5.32 Å². The maximum atomic E-state index is 11.9. The van der Waals surface area contributed by atoms with Gasteiger partial charge in [0.25, 0.3) is 0 Å². The lowest BCUT2D eigenvalue weighted by atomic mass is 10.0. The summed E-state index contributed by atoms with van der Waals surface area (Å²) in [5.74, 6) is 0.546. The lowest BCUT2D eigenvalue weighted by molar-refractivity contribution is -0.120. The Morgan fingerprint density at radius 3 is 2.80 bits per heavy atom. The molecule has 0 unspecified atom stereocenters. The van der Waals surface area contributed by atoms with Gasteiger partial charge in [0.1, 0.15) is 5.58 Å². The SMILES string of the molecule is CC(C)CNC(=O)Cc1coc2cc3c(cc12)CCC3. The first-order chi connectivity index (χ1) is 9.63. The molecule has 0 saturated heterocycles. The van der Waals surface area contributed by atoms with Crippen molar-refractivity contribution in [3.05, 3.63) is 35.1 Å². The van der Waals surface area contributed by atoms with Gasteiger partial charge in [-0.2, -0.15) is 0 Å². The normalized spacial score (nSPS) is 13.9. The van der Waals surface area contributed by atoms with Gasteiger partial charge >= 0.3 is 0 Å². The summed E-state index contributed by atoms with van der Waals surface area (Å²) in [4.78, 5) is 11.9. The summed E-state index contributed by atoms with van der Waals surface area (Å²) >= 11 is 0. The lowest BCUT2D eigenvalue weighted by Gasteiger charge is -2.07. The van der Waals surface area contributed by atoms with Crippen LogP contribution in [0, 0.1) is 5.92 Å². The zero-order valence-electron chi connectivity index (χ0n) is 12.2. The molecule has 2 aromatic rings. The molecule has 106 valence electrons. The highest BCUT2D eigenvalue weighted by molar-refractivity contribution is 5.88. The van der Waals surface area contributed by atoms with Gasteiger partial charge in [0.05, 0.1) is 12.7 Å². The van der Waals surface area contributed by atoms with Crippen LogP contribution >= 0.6 is 0 Å². The molecule has 0 radical (unpaired) electrons. The summed E-state index contributed by atoms with van der Waals surface area (Å²) < 4.78 is 5.62. The van der Waals surface area contributed by atoms with E-state index in [1.165, 1.54) is 17.5 Å². The third-order valence-electron chi connectivity index (χ3n) is 3.93. The van der Waals surface area contributed by atoms with Crippen molar-refractivity contribution < 1.29 is 9.21 Å². The fourth-order valence-electron chi connectivity index (χ4n) is 2.84. The van der Waals surface area contributed by atoms with Crippen LogP contribution in [-0.4, -0.2) is 12.5 Å². The molecule has 0 saturated carbocycles. The van der Waals surface area contributed by atoms with Crippen molar-refractivity contribution in [3.8, 4) is 0 Å². The molecule has 0 spiro atoms. The van der Waals surface area contributed by atoms with Crippen molar-refractivity contribution in [2.24, 2.45) is 5.92 Å². The molecule has 0 aliphatic heterocycles. The first kappa shape index (κ1) is 13.2. The van der Waals surface area contributed by atoms with Crippen LogP contribution in [0.15, 0.2) is 22.8 Å². The minimum absolute atomic E-state index is 0.0712. The van der Waals surface area contributed by atoms with E-state index in [9.17, 15) is 4.79 Å². The summed E-state index contributed by atoms with van der Waals surface area (Å²) in [6.45, 7) is 4.91. The molecule has 1 aromatic heterocycles. The van der Waals surface area contributed by atoms with E-state index in [-0.39, 0.29) is 5.91 Å². The van der Waals surface area contributed by atoms with Gasteiger partial charge in [0.15, 0.2) is 0 Å². The Labute approximate surface area is 119 Å². The third kappa shape index (κ3) is 2.58. The second kappa shape index (κ2) is 5.31. The van der Waals surface area contributed by atoms with Crippen LogP contribution in [0.4, 0.5) is 0 Å². The van der Waals surface area contributed by atoms with Gasteiger partial charge in [-0.15, -0.1) is 0 Å². The van der Waals surface area contributed by atoms with Crippen LogP contribution in [-0.2, 0) is 24.1 Å². The summed E-state index contributed by atoms with van der Waals surface area (Å²) in [5, 5.41) is 4.06. The molecule has 1 N–H and O–H groups in total. The van der Waals surface area contributed by atoms with Gasteiger partial charge in [0.2, 0.25) is 5.91 Å². The maximum absolute atomic E-state index is 11.9. The average Bonchev–Trinajstić information content (AvgIpc) is 3.01. The van der Waals surface area contributed by atoms with E-state index in [1.807, 2.05) is 0 Å². The standard InChI is InChI=1S/C17H21NO2/c1-11(2)9-18-17(19)8-14-10-20-16-7-13-5-3-4-12(13)6-15(14)16/h6-7,10-11H,3-5,8-9H2,1-2H3,(H,18,19). The van der Waals surface area contributed by atoms with Crippen molar-refractivity contribution in [3.63, 3.8) is 0 Å². The van der Waals surface area contributed by atoms with E-state index in [0.29, 0.717) is 12.3 Å². The number of nitrogens with one attached hydrogen (secondary N) is 1. The number of furan rings is 1. The Morgan fingerprint density at radius 2 is 2.05 bits per heavy atom. The largest absolute Gasteiger partial charge is 0.464 e. The molecule has 3 heteroatoms. The van der Waals surface area contributed by atoms with E-state index < -0.39 is 0 Å². The number of hydrogen-bond acceptors (Lipinski definition) is 2. The van der Waals surface area contributed by atoms with E-state index in [0.717, 1.165) is 35.9 Å². The van der Waals surface area contributed by atoms with Crippen LogP contribution in [0.2, 0.25) is 0 Å². The van der Waals surface area contributed by atoms with Gasteiger partial charge < -0.3 is 9.73 Å². The molecule has 20 heavy (non-hydrogen) atoms. The Morgan fingerprint density at radius 1 is 1.30 bits per heavy atom. The molecule has 3 nitrogen and oxygen atoms in total. The molecule has 1 aromatic carbocycles. The summed E-state index contributed by atoms with van der Waals surface area (Å²) in [6, 6.07) is 4.36. The highest BCUT2D eigenvalue weighted by Gasteiger charge is 2.16. The summed E-state index contributed by atoms with van der Waals surface area (Å²) in [6.07, 6.45) is 5.66. The van der Waals surface area contributed by atoms with Gasteiger partial charge in [0, 0.05) is 17.5 Å². The predicted molar refractivity (Wildman–Crippen MR) is 79.8 cm³/mol. The Hall–Kier alpha value is -1.77. The molecule has 0 fully saturated rings. The molecule has 1 aliphatic rings. The van der Waals surface area contributed by atoms with E-state index in [1.54, 1.807) is 6.26 Å². The Kier molecular flexibility index (Phi) is 3.51. The number of benzene rings is 1. The van der Waals surface area contributed by atoms with Crippen LogP contribution in [0.3, 0.4) is 0 Å². The molecule has 3 rings (SSSR count). The predicted octanol–water partition coefficient (Wildman–Crippen LogP) is 3.24. The second-order valence-electron chi connectivity index (χ2n) is 6.11. The van der Waals surface area contributed by atoms with Crippen LogP contribution in [0.5, 0.6) is 0 Å². The fraction of sp³-hybridized carbons (Fsp3) is 0.471. The second-order valence-corrected chi connectivity index (χ2v) is 6.11. The van der Waals surface area contributed by atoms with Gasteiger partial charge in [-0.25, -0.2) is 0 Å². The lowest BCUT2D eigenvalue weighted by Crippen LogP contribution is -2.28. The molecular formula is C17H21NO2. The molecule has 1 amide bonds. The van der Waals surface area contributed by atoms with Gasteiger partial charge in [-0.3, -0.25) is 4.79 Å². The topological polar surface area (TPSA) is 42.2 Å². The minimum Gasteiger partial charge on any atom is -0.464 e. The number of rotatable bonds is 4. The maximum Gasteiger partial charge on any atom is 0.224 e. The highest BCUT2D eigenvalue weighted by atomic mass is 16.3. The van der Waals surface area contributed by atoms with Crippen LogP contribution in [0.25, 0.3) is 11.0 Å². The number of fused-ring (bicyclic) bond motifs is 2. The van der Waals surface area contributed by atoms with Crippen LogP contribution in [0.1, 0.15) is 37.0 Å². The number of carbonyl (C=O) groups is 1. The smallest absolute Gasteiger partial charge is 0.224 e. The van der Waals surface area contributed by atoms with E-state index in [4.69, 9.17) is 4.42 Å². The van der Waals surface area contributed by atoms with Crippen molar-refractivity contribution in [1.29, 1.82) is 0 Å². The van der Waals surface area contributed by atoms with Crippen molar-refractivity contribution >= 4 is 16.9 Å². The van der Waals surface area contributed by atoms with Crippen molar-refractivity contribution in [2.75, 3.05) is 6.54 Å². The number of amides is 1. The summed E-state index contributed by atoms with van der Waals surface area (Å²) in [5.41, 5.74) is 4.73. The Bertz CT molecular complexity index is 640. The zero-order valence-corrected chi connectivity index (χ0v) is 12.2. The molecule has 0 bridgehead atoms. The molecule has 1 heterocycles. The first-order valence-corrected chi connectivity index (χ1v) is 7.42. The molecule has 1 aliphatic carbocycles. The third-order valence-corrected chi connectivity index (χ3v) is 3.93. The van der Waals surface area contributed by atoms with Gasteiger partial charge in [-0.05, 0) is 48.4 Å². The monoisotopic (exact) mass is 271 g/mol. The minimum atomic E-state index is 0.0712. The quantitative estimate of drug-likeness (QED) is 0.927. The van der Waals surface area contributed by atoms with E-state index in [2.05, 4.69) is 31.3 Å². The number of carbonyl (C=O) groups excluding carboxylic acids is 1. The van der Waals surface area contributed by atoms with Crippen molar-refractivity contribution in [2.45, 2.75) is 39.5 Å². The number of aryl methyl sites for hydroxylation is 2. The number of hydrogen-bond donors (Lipinski definition) is 1. The fourth-order valence-corrected chi connectivity index (χ4v) is 2.84. The van der Waals surface area contributed by atoms with Crippen LogP contribution < -0.4 is 5.32 Å². The van der Waals surface area contributed by atoms with Gasteiger partial charge in [-0.1, -0.05) is 13.8 Å². The Balaban J connectivity index is 1.80. The molecule has 0 atom stereocenters. The average molecular weight is 271 g/mol. The van der Waals surface area contributed by atoms with E-state index >= 15 is 0 Å².